The highest BCUT2D eigenvalue weighted by Gasteiger charge is 2.39. The van der Waals surface area contributed by atoms with Crippen LogP contribution in [0.15, 0.2) is 12.3 Å². The molecule has 0 bridgehead atoms. The fraction of sp³-hybridized carbons (Fsp3) is 0.762. The van der Waals surface area contributed by atoms with Crippen molar-refractivity contribution in [3.05, 3.63) is 12.3 Å². The number of hydrogen-bond acceptors (Lipinski definition) is 6. The second-order valence-electron chi connectivity index (χ2n) is 9.77. The van der Waals surface area contributed by atoms with Crippen molar-refractivity contribution in [2.24, 2.45) is 0 Å². The third-order valence-corrected chi connectivity index (χ3v) is 4.64. The van der Waals surface area contributed by atoms with Gasteiger partial charge in [0.25, 0.3) is 0 Å². The molecule has 7 nitrogen and oxygen atoms in total. The summed E-state index contributed by atoms with van der Waals surface area (Å²) >= 11 is 0. The van der Waals surface area contributed by atoms with Gasteiger partial charge in [0.05, 0.1) is 0 Å². The molecule has 1 aliphatic heterocycles. The number of carbonyl (C=O) groups excluding carboxylic acids is 1. The van der Waals surface area contributed by atoms with Crippen molar-refractivity contribution in [1.29, 1.82) is 0 Å². The lowest BCUT2D eigenvalue weighted by molar-refractivity contribution is 0.0196. The van der Waals surface area contributed by atoms with E-state index in [1.807, 2.05) is 46.4 Å². The maximum atomic E-state index is 12.5. The third-order valence-electron chi connectivity index (χ3n) is 4.64. The Morgan fingerprint density at radius 3 is 2.43 bits per heavy atom. The fourth-order valence-corrected chi connectivity index (χ4v) is 3.48. The number of amides is 1. The van der Waals surface area contributed by atoms with Crippen LogP contribution >= 0.6 is 0 Å². The van der Waals surface area contributed by atoms with Crippen LogP contribution in [0.25, 0.3) is 0 Å². The van der Waals surface area contributed by atoms with Crippen molar-refractivity contribution in [3.8, 4) is 5.88 Å². The lowest BCUT2D eigenvalue weighted by Gasteiger charge is -2.40. The van der Waals surface area contributed by atoms with Crippen LogP contribution < -0.4 is 9.64 Å². The van der Waals surface area contributed by atoms with Gasteiger partial charge in [0.15, 0.2) is 0 Å². The topological polar surface area (TPSA) is 67.8 Å². The molecule has 0 N–H and O–H groups in total. The number of likely N-dealkylation sites (tertiary alicyclic amines) is 1. The first-order valence-corrected chi connectivity index (χ1v) is 10.3. The van der Waals surface area contributed by atoms with Crippen molar-refractivity contribution >= 4 is 12.0 Å². The van der Waals surface area contributed by atoms with E-state index < -0.39 is 5.60 Å². The zero-order valence-electron chi connectivity index (χ0n) is 18.1. The maximum absolute atomic E-state index is 12.5. The molecule has 1 amide bonds. The summed E-state index contributed by atoms with van der Waals surface area (Å²) in [6.07, 6.45) is 5.76. The van der Waals surface area contributed by atoms with Crippen LogP contribution in [0.3, 0.4) is 0 Å². The minimum atomic E-state index is -0.484. The third kappa shape index (κ3) is 5.72. The van der Waals surface area contributed by atoms with Gasteiger partial charge in [-0.3, -0.25) is 0 Å². The molecule has 1 saturated heterocycles. The van der Waals surface area contributed by atoms with E-state index in [1.54, 1.807) is 12.3 Å². The van der Waals surface area contributed by atoms with Crippen LogP contribution in [0, 0.1) is 0 Å². The second kappa shape index (κ2) is 7.76. The van der Waals surface area contributed by atoms with Gasteiger partial charge in [0, 0.05) is 37.4 Å². The summed E-state index contributed by atoms with van der Waals surface area (Å²) in [5.74, 6) is 1.28. The minimum absolute atomic E-state index is 0.193. The van der Waals surface area contributed by atoms with Gasteiger partial charge < -0.3 is 19.3 Å². The van der Waals surface area contributed by atoms with E-state index in [1.165, 1.54) is 0 Å². The Morgan fingerprint density at radius 1 is 1.11 bits per heavy atom. The monoisotopic (exact) mass is 390 g/mol. The number of nitrogens with zero attached hydrogens (tertiary/aromatic N) is 4. The van der Waals surface area contributed by atoms with Crippen molar-refractivity contribution in [2.75, 3.05) is 18.0 Å². The van der Waals surface area contributed by atoms with Crippen LogP contribution in [-0.4, -0.2) is 57.3 Å². The van der Waals surface area contributed by atoms with Crippen molar-refractivity contribution in [2.45, 2.75) is 90.5 Å². The smallest absolute Gasteiger partial charge is 0.410 e. The first-order chi connectivity index (χ1) is 13.0. The van der Waals surface area contributed by atoms with Gasteiger partial charge >= 0.3 is 6.09 Å². The zero-order chi connectivity index (χ0) is 20.5. The number of hydrogen-bond donors (Lipinski definition) is 0. The number of carbonyl (C=O) groups is 1. The Morgan fingerprint density at radius 2 is 1.82 bits per heavy atom. The number of ether oxygens (including phenoxy) is 2. The highest BCUT2D eigenvalue weighted by atomic mass is 16.6. The lowest BCUT2D eigenvalue weighted by atomic mass is 10.0. The predicted molar refractivity (Wildman–Crippen MR) is 109 cm³/mol. The SMILES string of the molecule is CC(C)(C)OC(=O)N1CCC[C@@H](N(c2nccc(OC(C)(C)C)n2)C2CC2)C1. The van der Waals surface area contributed by atoms with E-state index in [-0.39, 0.29) is 17.7 Å². The standard InChI is InChI=1S/C21H34N4O3/c1-20(2,3)27-17-11-12-22-18(23-17)25(15-9-10-15)16-8-7-13-24(14-16)19(26)28-21(4,5)6/h11-12,15-16H,7-10,13-14H2,1-6H3/t16-/m1/s1. The van der Waals surface area contributed by atoms with Crippen molar-refractivity contribution in [1.82, 2.24) is 14.9 Å². The largest absolute Gasteiger partial charge is 0.472 e. The van der Waals surface area contributed by atoms with Crippen LogP contribution in [0.1, 0.15) is 67.2 Å². The molecule has 1 aromatic rings. The number of anilines is 1. The summed E-state index contributed by atoms with van der Waals surface area (Å²) < 4.78 is 11.5. The summed E-state index contributed by atoms with van der Waals surface area (Å²) in [7, 11) is 0. The average Bonchev–Trinajstić information content (AvgIpc) is 3.37. The fourth-order valence-electron chi connectivity index (χ4n) is 3.48. The summed E-state index contributed by atoms with van der Waals surface area (Å²) in [6.45, 7) is 13.1. The van der Waals surface area contributed by atoms with Gasteiger partial charge in [0.2, 0.25) is 11.8 Å². The summed E-state index contributed by atoms with van der Waals surface area (Å²) in [5, 5.41) is 0. The van der Waals surface area contributed by atoms with Crippen LogP contribution in [0.4, 0.5) is 10.7 Å². The Hall–Kier alpha value is -2.05. The molecule has 3 rings (SSSR count). The van der Waals surface area contributed by atoms with E-state index in [4.69, 9.17) is 9.47 Å². The van der Waals surface area contributed by atoms with Crippen LogP contribution in [0.2, 0.25) is 0 Å². The molecule has 2 heterocycles. The molecule has 1 saturated carbocycles. The second-order valence-corrected chi connectivity index (χ2v) is 9.77. The lowest BCUT2D eigenvalue weighted by Crippen LogP contribution is -2.52. The first kappa shape index (κ1) is 20.7. The molecule has 0 unspecified atom stereocenters. The molecule has 0 aromatic carbocycles. The van der Waals surface area contributed by atoms with Gasteiger partial charge in [-0.2, -0.15) is 4.98 Å². The molecule has 2 aliphatic rings. The minimum Gasteiger partial charge on any atom is -0.472 e. The molecular formula is C21H34N4O3. The van der Waals surface area contributed by atoms with E-state index in [2.05, 4.69) is 14.9 Å². The summed E-state index contributed by atoms with van der Waals surface area (Å²) in [4.78, 5) is 25.9. The highest BCUT2D eigenvalue weighted by Crippen LogP contribution is 2.35. The average molecular weight is 391 g/mol. The number of piperidine rings is 1. The molecule has 1 aliphatic carbocycles. The van der Waals surface area contributed by atoms with E-state index >= 15 is 0 Å². The molecule has 1 aromatic heterocycles. The van der Waals surface area contributed by atoms with Gasteiger partial charge in [-0.25, -0.2) is 9.78 Å². The zero-order valence-corrected chi connectivity index (χ0v) is 18.1. The van der Waals surface area contributed by atoms with Crippen LogP contribution in [0.5, 0.6) is 5.88 Å². The van der Waals surface area contributed by atoms with Crippen LogP contribution in [-0.2, 0) is 4.74 Å². The molecule has 0 radical (unpaired) electrons. The van der Waals surface area contributed by atoms with E-state index in [0.717, 1.165) is 32.2 Å². The molecule has 7 heteroatoms. The molecule has 28 heavy (non-hydrogen) atoms. The number of rotatable bonds is 4. The molecule has 0 spiro atoms. The van der Waals surface area contributed by atoms with E-state index in [9.17, 15) is 4.79 Å². The highest BCUT2D eigenvalue weighted by molar-refractivity contribution is 5.68. The van der Waals surface area contributed by atoms with Crippen molar-refractivity contribution in [3.63, 3.8) is 0 Å². The summed E-state index contributed by atoms with van der Waals surface area (Å²) in [5.41, 5.74) is -0.795. The predicted octanol–water partition coefficient (Wildman–Crippen LogP) is 4.02. The first-order valence-electron chi connectivity index (χ1n) is 10.3. The van der Waals surface area contributed by atoms with E-state index in [0.29, 0.717) is 24.4 Å². The molecule has 156 valence electrons. The van der Waals surface area contributed by atoms with Gasteiger partial charge in [-0.15, -0.1) is 0 Å². The Labute approximate surface area is 168 Å². The number of aromatic nitrogens is 2. The van der Waals surface area contributed by atoms with Gasteiger partial charge in [0.1, 0.15) is 11.2 Å². The Bertz CT molecular complexity index is 692. The Kier molecular flexibility index (Phi) is 5.73. The van der Waals surface area contributed by atoms with Crippen molar-refractivity contribution < 1.29 is 14.3 Å². The van der Waals surface area contributed by atoms with Gasteiger partial charge in [-0.05, 0) is 67.2 Å². The molecule has 1 atom stereocenters. The maximum Gasteiger partial charge on any atom is 0.410 e. The molecular weight excluding hydrogens is 356 g/mol. The summed E-state index contributed by atoms with van der Waals surface area (Å²) in [6, 6.07) is 2.43. The molecule has 2 fully saturated rings. The normalized spacial score (nSPS) is 20.6. The Balaban J connectivity index is 1.75. The van der Waals surface area contributed by atoms with Gasteiger partial charge in [-0.1, -0.05) is 0 Å². The quantitative estimate of drug-likeness (QED) is 0.773.